The Balaban J connectivity index is 1.54. The molecule has 3 rings (SSSR count). The van der Waals surface area contributed by atoms with E-state index in [-0.39, 0.29) is 19.5 Å². The van der Waals surface area contributed by atoms with Gasteiger partial charge in [-0.25, -0.2) is 27.0 Å². The largest absolute Gasteiger partial charge is 0.354 e. The third-order valence-electron chi connectivity index (χ3n) is 5.25. The van der Waals surface area contributed by atoms with Gasteiger partial charge in [0, 0.05) is 51.6 Å². The molecule has 2 aliphatic rings. The number of sulfonamides is 1. The third-order valence-corrected chi connectivity index (χ3v) is 6.55. The average molecular weight is 417 g/mol. The molecule has 28 heavy (non-hydrogen) atoms. The number of aromatic nitrogens is 1. The van der Waals surface area contributed by atoms with Crippen molar-refractivity contribution in [3.8, 4) is 0 Å². The molecule has 3 heterocycles. The van der Waals surface area contributed by atoms with Crippen molar-refractivity contribution in [3.05, 3.63) is 18.3 Å². The molecule has 0 aromatic carbocycles. The first-order valence-electron chi connectivity index (χ1n) is 9.16. The van der Waals surface area contributed by atoms with Gasteiger partial charge in [-0.2, -0.15) is 4.31 Å². The molecule has 1 atom stereocenters. The zero-order valence-electron chi connectivity index (χ0n) is 15.9. The monoisotopic (exact) mass is 417 g/mol. The predicted octanol–water partition coefficient (Wildman–Crippen LogP) is 1.67. The van der Waals surface area contributed by atoms with E-state index >= 15 is 0 Å². The van der Waals surface area contributed by atoms with Crippen LogP contribution in [0.4, 0.5) is 25.1 Å². The van der Waals surface area contributed by atoms with Crippen molar-refractivity contribution in [2.24, 2.45) is 5.92 Å². The van der Waals surface area contributed by atoms with Gasteiger partial charge in [-0.1, -0.05) is 6.92 Å². The molecule has 0 spiro atoms. The van der Waals surface area contributed by atoms with Crippen molar-refractivity contribution in [1.82, 2.24) is 14.2 Å². The molecule has 0 saturated carbocycles. The van der Waals surface area contributed by atoms with Crippen LogP contribution in [-0.2, 0) is 10.0 Å². The summed E-state index contributed by atoms with van der Waals surface area (Å²) >= 11 is 0. The summed E-state index contributed by atoms with van der Waals surface area (Å²) < 4.78 is 51.7. The van der Waals surface area contributed by atoms with Gasteiger partial charge in [0.25, 0.3) is 5.92 Å². The number of urea groups is 1. The quantitative estimate of drug-likeness (QED) is 0.809. The highest BCUT2D eigenvalue weighted by Crippen LogP contribution is 2.33. The highest BCUT2D eigenvalue weighted by molar-refractivity contribution is 7.88. The number of rotatable bonds is 3. The van der Waals surface area contributed by atoms with E-state index < -0.39 is 27.9 Å². The number of alkyl halides is 2. The zero-order chi connectivity index (χ0) is 20.5. The van der Waals surface area contributed by atoms with Gasteiger partial charge in [-0.3, -0.25) is 0 Å². The smallest absolute Gasteiger partial charge is 0.321 e. The first kappa shape index (κ1) is 20.7. The lowest BCUT2D eigenvalue weighted by Crippen LogP contribution is -2.49. The van der Waals surface area contributed by atoms with Gasteiger partial charge in [0.15, 0.2) is 0 Å². The lowest BCUT2D eigenvalue weighted by molar-refractivity contribution is -0.0899. The van der Waals surface area contributed by atoms with E-state index in [1.807, 2.05) is 4.90 Å². The lowest BCUT2D eigenvalue weighted by atomic mass is 9.96. The Morgan fingerprint density at radius 1 is 1.21 bits per heavy atom. The summed E-state index contributed by atoms with van der Waals surface area (Å²) in [5.41, 5.74) is 0.480. The topological polar surface area (TPSA) is 85.9 Å². The van der Waals surface area contributed by atoms with Crippen LogP contribution in [0.15, 0.2) is 18.3 Å². The van der Waals surface area contributed by atoms with Crippen molar-refractivity contribution >= 4 is 27.6 Å². The fourth-order valence-electron chi connectivity index (χ4n) is 3.37. The Labute approximate surface area is 163 Å². The summed E-state index contributed by atoms with van der Waals surface area (Å²) in [4.78, 5) is 20.0. The molecule has 0 bridgehead atoms. The lowest BCUT2D eigenvalue weighted by Gasteiger charge is -2.36. The number of nitrogens with zero attached hydrogens (tertiary/aromatic N) is 4. The SMILES string of the molecule is CC1CN(C(=O)Nc2ccc(N3CCN(S(C)(=O)=O)CC3)nc2)CCC1(F)F. The molecule has 2 amide bonds. The van der Waals surface area contributed by atoms with E-state index in [1.54, 1.807) is 12.1 Å². The van der Waals surface area contributed by atoms with Crippen molar-refractivity contribution in [3.63, 3.8) is 0 Å². The number of nitrogens with one attached hydrogen (secondary N) is 1. The fourth-order valence-corrected chi connectivity index (χ4v) is 4.20. The summed E-state index contributed by atoms with van der Waals surface area (Å²) in [7, 11) is -3.19. The predicted molar refractivity (Wildman–Crippen MR) is 102 cm³/mol. The molecule has 8 nitrogen and oxygen atoms in total. The Morgan fingerprint density at radius 2 is 1.89 bits per heavy atom. The molecule has 2 saturated heterocycles. The highest BCUT2D eigenvalue weighted by atomic mass is 32.2. The van der Waals surface area contributed by atoms with Crippen molar-refractivity contribution in [1.29, 1.82) is 0 Å². The van der Waals surface area contributed by atoms with E-state index in [0.29, 0.717) is 37.7 Å². The molecule has 1 aromatic heterocycles. The zero-order valence-corrected chi connectivity index (χ0v) is 16.8. The van der Waals surface area contributed by atoms with E-state index in [9.17, 15) is 22.0 Å². The maximum absolute atomic E-state index is 13.6. The molecular formula is C17H25F2N5O3S. The number of anilines is 2. The van der Waals surface area contributed by atoms with Crippen molar-refractivity contribution in [2.45, 2.75) is 19.3 Å². The number of halogens is 2. The number of carbonyl (C=O) groups is 1. The first-order valence-corrected chi connectivity index (χ1v) is 11.0. The first-order chi connectivity index (χ1) is 13.1. The summed E-state index contributed by atoms with van der Waals surface area (Å²) in [6.45, 7) is 3.33. The maximum atomic E-state index is 13.6. The van der Waals surface area contributed by atoms with E-state index in [1.165, 1.54) is 28.6 Å². The van der Waals surface area contributed by atoms with Crippen LogP contribution < -0.4 is 10.2 Å². The molecular weight excluding hydrogens is 392 g/mol. The van der Waals surface area contributed by atoms with Crippen LogP contribution in [-0.4, -0.2) is 80.1 Å². The molecule has 156 valence electrons. The van der Waals surface area contributed by atoms with Gasteiger partial charge < -0.3 is 15.1 Å². The number of hydrogen-bond acceptors (Lipinski definition) is 5. The van der Waals surface area contributed by atoms with Crippen LogP contribution in [0.2, 0.25) is 0 Å². The Kier molecular flexibility index (Phi) is 5.76. The number of piperidine rings is 1. The normalized spacial score (nSPS) is 23.5. The molecule has 0 radical (unpaired) electrons. The Morgan fingerprint density at radius 3 is 2.43 bits per heavy atom. The van der Waals surface area contributed by atoms with Gasteiger partial charge in [0.2, 0.25) is 10.0 Å². The molecule has 1 unspecified atom stereocenters. The molecule has 11 heteroatoms. The van der Waals surface area contributed by atoms with Crippen molar-refractivity contribution < 1.29 is 22.0 Å². The summed E-state index contributed by atoms with van der Waals surface area (Å²) in [5, 5.41) is 2.69. The van der Waals surface area contributed by atoms with Gasteiger partial charge >= 0.3 is 6.03 Å². The number of pyridine rings is 1. The number of hydrogen-bond donors (Lipinski definition) is 1. The third kappa shape index (κ3) is 4.69. The Hall–Kier alpha value is -2.01. The number of piperazine rings is 1. The molecule has 2 fully saturated rings. The standard InChI is InChI=1S/C17H25F2N5O3S/c1-13-12-23(6-5-17(13,18)19)16(25)21-14-3-4-15(20-11-14)22-7-9-24(10-8-22)28(2,26)27/h3-4,11,13H,5-10,12H2,1-2H3,(H,21,25). The number of carbonyl (C=O) groups excluding carboxylic acids is 1. The van der Waals surface area contributed by atoms with Crippen LogP contribution in [0.3, 0.4) is 0 Å². The second kappa shape index (κ2) is 7.78. The second-order valence-electron chi connectivity index (χ2n) is 7.34. The van der Waals surface area contributed by atoms with Crippen LogP contribution in [0, 0.1) is 5.92 Å². The van der Waals surface area contributed by atoms with Gasteiger partial charge in [0.05, 0.1) is 18.1 Å². The van der Waals surface area contributed by atoms with Crippen LogP contribution in [0.1, 0.15) is 13.3 Å². The average Bonchev–Trinajstić information content (AvgIpc) is 2.64. The minimum absolute atomic E-state index is 0.00889. The minimum atomic E-state index is -3.19. The summed E-state index contributed by atoms with van der Waals surface area (Å²) in [5.74, 6) is -2.92. The molecule has 2 aliphatic heterocycles. The fraction of sp³-hybridized carbons (Fsp3) is 0.647. The van der Waals surface area contributed by atoms with Gasteiger partial charge in [-0.05, 0) is 12.1 Å². The van der Waals surface area contributed by atoms with Crippen LogP contribution in [0.25, 0.3) is 0 Å². The van der Waals surface area contributed by atoms with Crippen LogP contribution >= 0.6 is 0 Å². The number of likely N-dealkylation sites (tertiary alicyclic amines) is 1. The summed E-state index contributed by atoms with van der Waals surface area (Å²) in [6, 6.07) is 3.03. The van der Waals surface area contributed by atoms with Gasteiger partial charge in [-0.15, -0.1) is 0 Å². The Bertz CT molecular complexity index is 811. The van der Waals surface area contributed by atoms with Crippen molar-refractivity contribution in [2.75, 3.05) is 55.7 Å². The second-order valence-corrected chi connectivity index (χ2v) is 9.32. The van der Waals surface area contributed by atoms with E-state index in [2.05, 4.69) is 10.3 Å². The molecule has 1 N–H and O–H groups in total. The number of amides is 2. The minimum Gasteiger partial charge on any atom is -0.354 e. The molecule has 1 aromatic rings. The van der Waals surface area contributed by atoms with Gasteiger partial charge in [0.1, 0.15) is 5.82 Å². The van der Waals surface area contributed by atoms with E-state index in [4.69, 9.17) is 0 Å². The highest BCUT2D eigenvalue weighted by Gasteiger charge is 2.42. The maximum Gasteiger partial charge on any atom is 0.321 e. The summed E-state index contributed by atoms with van der Waals surface area (Å²) in [6.07, 6.45) is 2.37. The molecule has 0 aliphatic carbocycles. The van der Waals surface area contributed by atoms with Crippen LogP contribution in [0.5, 0.6) is 0 Å². The van der Waals surface area contributed by atoms with E-state index in [0.717, 1.165) is 0 Å².